The molecular formula is C36H56N2O4. The van der Waals surface area contributed by atoms with E-state index in [0.29, 0.717) is 51.0 Å². The van der Waals surface area contributed by atoms with Crippen molar-refractivity contribution in [1.29, 1.82) is 0 Å². The molecule has 0 fully saturated rings. The zero-order chi connectivity index (χ0) is 31.9. The van der Waals surface area contributed by atoms with E-state index >= 15 is 0 Å². The Hall–Kier alpha value is -2.70. The fraction of sp³-hybridized carbons (Fsp3) is 0.611. The van der Waals surface area contributed by atoms with E-state index < -0.39 is 0 Å². The average molecular weight is 581 g/mol. The third kappa shape index (κ3) is 10.5. The highest BCUT2D eigenvalue weighted by atomic mass is 16.5. The quantitative estimate of drug-likeness (QED) is 0.209. The number of ether oxygens (including phenoxy) is 2. The van der Waals surface area contributed by atoms with E-state index in [4.69, 9.17) is 9.47 Å². The Morgan fingerprint density at radius 2 is 0.857 bits per heavy atom. The Kier molecular flexibility index (Phi) is 12.0. The first-order valence-electron chi connectivity index (χ1n) is 15.1. The molecule has 42 heavy (non-hydrogen) atoms. The number of aromatic hydroxyl groups is 2. The van der Waals surface area contributed by atoms with Crippen molar-refractivity contribution in [3.8, 4) is 11.5 Å². The lowest BCUT2D eigenvalue weighted by molar-refractivity contribution is 0.0541. The molecule has 6 heteroatoms. The van der Waals surface area contributed by atoms with Crippen LogP contribution in [0.4, 0.5) is 0 Å². The molecule has 2 N–H and O–H groups in total. The lowest BCUT2D eigenvalue weighted by Gasteiger charge is -2.27. The van der Waals surface area contributed by atoms with Crippen molar-refractivity contribution in [2.75, 3.05) is 39.5 Å². The summed E-state index contributed by atoms with van der Waals surface area (Å²) in [4.78, 5) is 8.99. The van der Waals surface area contributed by atoms with Gasteiger partial charge in [0.2, 0.25) is 0 Å². The maximum absolute atomic E-state index is 10.9. The third-order valence-corrected chi connectivity index (χ3v) is 7.19. The van der Waals surface area contributed by atoms with Gasteiger partial charge in [-0.05, 0) is 44.9 Å². The first-order valence-corrected chi connectivity index (χ1v) is 15.1. The Labute approximate surface area is 255 Å². The zero-order valence-corrected chi connectivity index (χ0v) is 28.3. The Bertz CT molecular complexity index is 1140. The number of nitrogens with zero attached hydrogens (tertiary/aromatic N) is 2. The molecule has 0 amide bonds. The molecule has 2 aromatic rings. The average Bonchev–Trinajstić information content (AvgIpc) is 2.83. The van der Waals surface area contributed by atoms with Gasteiger partial charge in [-0.1, -0.05) is 95.2 Å². The van der Waals surface area contributed by atoms with Crippen molar-refractivity contribution < 1.29 is 19.7 Å². The van der Waals surface area contributed by atoms with Gasteiger partial charge in [0, 0.05) is 34.7 Å². The predicted molar refractivity (Wildman–Crippen MR) is 178 cm³/mol. The number of phenolic OH excluding ortho intramolecular Hbond substituents is 2. The van der Waals surface area contributed by atoms with E-state index in [0.717, 1.165) is 22.3 Å². The van der Waals surface area contributed by atoms with Gasteiger partial charge in [-0.15, -0.1) is 0 Å². The highest BCUT2D eigenvalue weighted by Gasteiger charge is 2.25. The minimum Gasteiger partial charge on any atom is -0.507 e. The van der Waals surface area contributed by atoms with E-state index in [9.17, 15) is 10.2 Å². The van der Waals surface area contributed by atoms with Crippen LogP contribution < -0.4 is 0 Å². The number of hydrogen-bond acceptors (Lipinski definition) is 6. The van der Waals surface area contributed by atoms with E-state index in [1.807, 2.05) is 12.1 Å². The number of aliphatic imine (C=N–C) groups is 2. The second-order valence-electron chi connectivity index (χ2n) is 15.2. The van der Waals surface area contributed by atoms with Crippen molar-refractivity contribution in [3.63, 3.8) is 0 Å². The maximum Gasteiger partial charge on any atom is 0.128 e. The largest absolute Gasteiger partial charge is 0.507 e. The molecule has 2 aromatic carbocycles. The monoisotopic (exact) mass is 580 g/mol. The molecule has 0 radical (unpaired) electrons. The van der Waals surface area contributed by atoms with Gasteiger partial charge in [-0.2, -0.15) is 0 Å². The summed E-state index contributed by atoms with van der Waals surface area (Å²) in [6.45, 7) is 28.6. The molecular weight excluding hydrogens is 524 g/mol. The maximum atomic E-state index is 10.9. The number of phenols is 2. The van der Waals surface area contributed by atoms with Crippen LogP contribution in [0.25, 0.3) is 0 Å². The highest BCUT2D eigenvalue weighted by Crippen LogP contribution is 2.38. The van der Waals surface area contributed by atoms with Crippen molar-refractivity contribution in [3.05, 3.63) is 57.6 Å². The Morgan fingerprint density at radius 3 is 1.14 bits per heavy atom. The predicted octanol–water partition coefficient (Wildman–Crippen LogP) is 7.86. The van der Waals surface area contributed by atoms with Crippen LogP contribution in [0.15, 0.2) is 34.3 Å². The summed E-state index contributed by atoms with van der Waals surface area (Å²) in [5, 5.41) is 21.8. The summed E-state index contributed by atoms with van der Waals surface area (Å²) in [5.74, 6) is 0.589. The molecule has 0 bridgehead atoms. The van der Waals surface area contributed by atoms with Gasteiger partial charge in [-0.25, -0.2) is 0 Å². The second-order valence-corrected chi connectivity index (χ2v) is 15.2. The third-order valence-electron chi connectivity index (χ3n) is 7.19. The first kappa shape index (κ1) is 35.5. The minimum atomic E-state index is -0.169. The molecule has 0 saturated heterocycles. The summed E-state index contributed by atoms with van der Waals surface area (Å²) < 4.78 is 11.3. The van der Waals surface area contributed by atoms with Gasteiger partial charge in [0.1, 0.15) is 11.5 Å². The standard InChI is InChI=1S/C36H56N2O4/c1-33(2,3)27-19-25(31(39)29(21-27)35(7,8)9)23-37-13-15-41-17-18-42-16-14-38-24-26-20-28(34(4,5)6)22-30(32(26)40)36(10,11)12/h19-24,39-40H,13-18H2,1-12H3. The fourth-order valence-electron chi connectivity index (χ4n) is 4.40. The highest BCUT2D eigenvalue weighted by molar-refractivity contribution is 5.85. The van der Waals surface area contributed by atoms with Gasteiger partial charge in [0.25, 0.3) is 0 Å². The summed E-state index contributed by atoms with van der Waals surface area (Å²) in [6.07, 6.45) is 3.49. The van der Waals surface area contributed by atoms with Gasteiger partial charge >= 0.3 is 0 Å². The molecule has 0 aromatic heterocycles. The molecule has 0 saturated carbocycles. The van der Waals surface area contributed by atoms with Gasteiger partial charge in [0.05, 0.1) is 39.5 Å². The fourth-order valence-corrected chi connectivity index (χ4v) is 4.40. The van der Waals surface area contributed by atoms with Crippen LogP contribution in [0.1, 0.15) is 116 Å². The number of hydrogen-bond donors (Lipinski definition) is 2. The van der Waals surface area contributed by atoms with E-state index in [2.05, 4.69) is 105 Å². The van der Waals surface area contributed by atoms with Crippen LogP contribution in [0.3, 0.4) is 0 Å². The van der Waals surface area contributed by atoms with Crippen LogP contribution in [0.2, 0.25) is 0 Å². The molecule has 0 heterocycles. The van der Waals surface area contributed by atoms with Crippen molar-refractivity contribution >= 4 is 12.4 Å². The van der Waals surface area contributed by atoms with Gasteiger partial charge in [-0.3, -0.25) is 9.98 Å². The molecule has 0 spiro atoms. The van der Waals surface area contributed by atoms with Gasteiger partial charge in [0.15, 0.2) is 0 Å². The molecule has 234 valence electrons. The first-order chi connectivity index (χ1) is 19.2. The van der Waals surface area contributed by atoms with E-state index in [-0.39, 0.29) is 21.7 Å². The van der Waals surface area contributed by atoms with Crippen LogP contribution >= 0.6 is 0 Å². The summed E-state index contributed by atoms with van der Waals surface area (Å²) in [6, 6.07) is 8.27. The van der Waals surface area contributed by atoms with Gasteiger partial charge < -0.3 is 19.7 Å². The normalized spacial score (nSPS) is 13.5. The SMILES string of the molecule is CC(C)(C)c1cc(C=NCCOCCOCCN=Cc2cc(C(C)(C)C)cc(C(C)(C)C)c2O)c(O)c(C(C)(C)C)c1. The molecule has 0 unspecified atom stereocenters. The van der Waals surface area contributed by atoms with Crippen LogP contribution in [-0.2, 0) is 31.1 Å². The molecule has 0 atom stereocenters. The Balaban J connectivity index is 1.81. The molecule has 0 aliphatic rings. The van der Waals surface area contributed by atoms with Crippen molar-refractivity contribution in [1.82, 2.24) is 0 Å². The van der Waals surface area contributed by atoms with Crippen molar-refractivity contribution in [2.24, 2.45) is 9.98 Å². The van der Waals surface area contributed by atoms with Crippen LogP contribution in [0.5, 0.6) is 11.5 Å². The van der Waals surface area contributed by atoms with Crippen molar-refractivity contribution in [2.45, 2.75) is 105 Å². The Morgan fingerprint density at radius 1 is 0.524 bits per heavy atom. The zero-order valence-electron chi connectivity index (χ0n) is 28.3. The van der Waals surface area contributed by atoms with E-state index in [1.165, 1.54) is 11.1 Å². The summed E-state index contributed by atoms with van der Waals surface area (Å²) >= 11 is 0. The molecule has 2 rings (SSSR count). The van der Waals surface area contributed by atoms with E-state index in [1.54, 1.807) is 12.4 Å². The van der Waals surface area contributed by atoms with Crippen LogP contribution in [-0.4, -0.2) is 62.2 Å². The molecule has 0 aliphatic heterocycles. The lowest BCUT2D eigenvalue weighted by atomic mass is 9.79. The lowest BCUT2D eigenvalue weighted by Crippen LogP contribution is -2.17. The molecule has 6 nitrogen and oxygen atoms in total. The smallest absolute Gasteiger partial charge is 0.128 e. The summed E-state index contributed by atoms with van der Waals surface area (Å²) in [5.41, 5.74) is 5.29. The second kappa shape index (κ2) is 14.2. The number of benzene rings is 2. The number of rotatable bonds is 11. The molecule has 0 aliphatic carbocycles. The van der Waals surface area contributed by atoms with Crippen LogP contribution in [0, 0.1) is 0 Å². The topological polar surface area (TPSA) is 83.6 Å². The summed E-state index contributed by atoms with van der Waals surface area (Å²) in [7, 11) is 0. The minimum absolute atomic E-state index is 0.0282.